The number of aromatic nitrogens is 2. The molecule has 32 heavy (non-hydrogen) atoms. The number of nitriles is 1. The molecule has 0 aliphatic rings. The Bertz CT molecular complexity index is 1330. The van der Waals surface area contributed by atoms with Crippen molar-refractivity contribution >= 4 is 50.3 Å². The second-order valence-corrected chi connectivity index (χ2v) is 8.20. The average molecular weight is 519 g/mol. The van der Waals surface area contributed by atoms with E-state index in [1.165, 1.54) is 17.0 Å². The summed E-state index contributed by atoms with van der Waals surface area (Å²) < 4.78 is 7.16. The molecule has 1 atom stereocenters. The molecular weight excluding hydrogens is 502 g/mol. The van der Waals surface area contributed by atoms with E-state index >= 15 is 0 Å². The number of ether oxygens (including phenoxy) is 1. The number of hydrogen-bond donors (Lipinski definition) is 0. The van der Waals surface area contributed by atoms with Gasteiger partial charge in [0.15, 0.2) is 6.61 Å². The van der Waals surface area contributed by atoms with E-state index in [9.17, 15) is 14.9 Å². The highest BCUT2D eigenvalue weighted by atomic mass is 79.9. The van der Waals surface area contributed by atoms with Crippen molar-refractivity contribution in [3.8, 4) is 11.8 Å². The quantitative estimate of drug-likeness (QED) is 0.246. The molecule has 9 nitrogen and oxygen atoms in total. The van der Waals surface area contributed by atoms with Crippen molar-refractivity contribution in [2.75, 3.05) is 6.61 Å². The zero-order chi connectivity index (χ0) is 23.4. The van der Waals surface area contributed by atoms with Crippen LogP contribution in [0.2, 0.25) is 5.02 Å². The predicted molar refractivity (Wildman–Crippen MR) is 125 cm³/mol. The molecule has 1 heterocycles. The minimum atomic E-state index is -0.665. The lowest BCUT2D eigenvalue weighted by Gasteiger charge is -2.14. The van der Waals surface area contributed by atoms with Gasteiger partial charge in [-0.05, 0) is 30.7 Å². The highest BCUT2D eigenvalue weighted by molar-refractivity contribution is 9.10. The van der Waals surface area contributed by atoms with Crippen LogP contribution < -0.4 is 10.3 Å². The van der Waals surface area contributed by atoms with Gasteiger partial charge in [-0.3, -0.25) is 14.9 Å². The molecule has 0 saturated carbocycles. The van der Waals surface area contributed by atoms with E-state index in [4.69, 9.17) is 21.6 Å². The normalized spacial score (nSPS) is 12.1. The van der Waals surface area contributed by atoms with Crippen LogP contribution in [0, 0.1) is 21.4 Å². The van der Waals surface area contributed by atoms with E-state index in [-0.39, 0.29) is 27.8 Å². The topological polar surface area (TPSA) is 123 Å². The number of halogens is 2. The van der Waals surface area contributed by atoms with Crippen LogP contribution in [-0.4, -0.2) is 27.4 Å². The van der Waals surface area contributed by atoms with Crippen LogP contribution >= 0.6 is 27.5 Å². The molecule has 0 amide bonds. The summed E-state index contributed by atoms with van der Waals surface area (Å²) in [4.78, 5) is 28.6. The SMILES string of the molecule is CC[C@H](C)c1nc2ccc(Br)cc2c(=O)n1N=Cc1cc(Cl)cc([N+](=O)[O-])c1OCC#N. The molecule has 3 aromatic rings. The van der Waals surface area contributed by atoms with Gasteiger partial charge in [0.1, 0.15) is 11.9 Å². The molecule has 3 rings (SSSR count). The molecule has 0 fully saturated rings. The first kappa shape index (κ1) is 23.4. The molecule has 2 aromatic carbocycles. The van der Waals surface area contributed by atoms with Gasteiger partial charge in [0.25, 0.3) is 5.56 Å². The molecule has 0 bridgehead atoms. The fourth-order valence-corrected chi connectivity index (χ4v) is 3.57. The monoisotopic (exact) mass is 517 g/mol. The largest absolute Gasteiger partial charge is 0.471 e. The maximum atomic E-state index is 13.2. The fourth-order valence-electron chi connectivity index (χ4n) is 2.99. The van der Waals surface area contributed by atoms with Gasteiger partial charge in [-0.1, -0.05) is 41.4 Å². The average Bonchev–Trinajstić information content (AvgIpc) is 2.76. The van der Waals surface area contributed by atoms with Crippen LogP contribution in [0.4, 0.5) is 5.69 Å². The summed E-state index contributed by atoms with van der Waals surface area (Å²) in [6.07, 6.45) is 1.95. The minimum Gasteiger partial charge on any atom is -0.471 e. The Morgan fingerprint density at radius 3 is 2.84 bits per heavy atom. The molecule has 0 spiro atoms. The number of rotatable bonds is 7. The first-order chi connectivity index (χ1) is 15.3. The number of hydrogen-bond acceptors (Lipinski definition) is 7. The molecule has 0 saturated heterocycles. The van der Waals surface area contributed by atoms with Crippen molar-refractivity contribution in [2.45, 2.75) is 26.2 Å². The number of nitro benzene ring substituents is 1. The van der Waals surface area contributed by atoms with Crippen molar-refractivity contribution < 1.29 is 9.66 Å². The van der Waals surface area contributed by atoms with Gasteiger partial charge in [-0.25, -0.2) is 4.98 Å². The van der Waals surface area contributed by atoms with E-state index in [1.807, 2.05) is 13.8 Å². The van der Waals surface area contributed by atoms with Gasteiger partial charge in [0.05, 0.1) is 22.0 Å². The summed E-state index contributed by atoms with van der Waals surface area (Å²) in [5.74, 6) is 0.190. The standard InChI is InChI=1S/C21H17BrClN5O4/c1-3-12(2)20-26-17-5-4-14(22)9-16(17)21(29)27(20)25-11-13-8-15(23)10-18(28(30)31)19(13)32-7-6-24/h4-5,8-12H,3,7H2,1-2H3/t12-/m0/s1. The Kier molecular flexibility index (Phi) is 7.22. The Labute approximate surface area is 196 Å². The summed E-state index contributed by atoms with van der Waals surface area (Å²) in [5, 5.41) is 25.0. The third kappa shape index (κ3) is 4.79. The molecule has 11 heteroatoms. The van der Waals surface area contributed by atoms with Crippen LogP contribution in [0.3, 0.4) is 0 Å². The lowest BCUT2D eigenvalue weighted by molar-refractivity contribution is -0.385. The minimum absolute atomic E-state index is 0.0810. The van der Waals surface area contributed by atoms with Crippen LogP contribution in [0.1, 0.15) is 37.6 Å². The Morgan fingerprint density at radius 1 is 1.44 bits per heavy atom. The smallest absolute Gasteiger partial charge is 0.313 e. The maximum absolute atomic E-state index is 13.2. The first-order valence-corrected chi connectivity index (χ1v) is 10.7. The summed E-state index contributed by atoms with van der Waals surface area (Å²) in [7, 11) is 0. The van der Waals surface area contributed by atoms with Crippen LogP contribution in [0.15, 0.2) is 44.7 Å². The van der Waals surface area contributed by atoms with Gasteiger partial charge in [-0.2, -0.15) is 15.0 Å². The molecule has 0 N–H and O–H groups in total. The maximum Gasteiger partial charge on any atom is 0.313 e. The van der Waals surface area contributed by atoms with Gasteiger partial charge >= 0.3 is 5.69 Å². The zero-order valence-corrected chi connectivity index (χ0v) is 19.4. The Balaban J connectivity index is 2.24. The zero-order valence-electron chi connectivity index (χ0n) is 17.1. The van der Waals surface area contributed by atoms with Crippen molar-refractivity contribution in [3.63, 3.8) is 0 Å². The molecular formula is C21H17BrClN5O4. The van der Waals surface area contributed by atoms with Crippen molar-refractivity contribution in [2.24, 2.45) is 5.10 Å². The molecule has 0 aliphatic heterocycles. The van der Waals surface area contributed by atoms with Crippen LogP contribution in [0.5, 0.6) is 5.75 Å². The van der Waals surface area contributed by atoms with Gasteiger partial charge in [-0.15, -0.1) is 0 Å². The van der Waals surface area contributed by atoms with Crippen molar-refractivity contribution in [3.05, 3.63) is 71.7 Å². The van der Waals surface area contributed by atoms with E-state index in [2.05, 4.69) is 26.0 Å². The molecule has 0 aliphatic carbocycles. The molecule has 1 aromatic heterocycles. The summed E-state index contributed by atoms with van der Waals surface area (Å²) >= 11 is 9.40. The molecule has 0 unspecified atom stereocenters. The summed E-state index contributed by atoms with van der Waals surface area (Å²) in [5.41, 5.74) is -0.115. The Hall–Kier alpha value is -3.29. The fraction of sp³-hybridized carbons (Fsp3) is 0.238. The predicted octanol–water partition coefficient (Wildman–Crippen LogP) is 5.02. The number of nitro groups is 1. The van der Waals surface area contributed by atoms with Crippen LogP contribution in [-0.2, 0) is 0 Å². The van der Waals surface area contributed by atoms with E-state index < -0.39 is 17.2 Å². The lowest BCUT2D eigenvalue weighted by Crippen LogP contribution is -2.23. The number of benzene rings is 2. The second-order valence-electron chi connectivity index (χ2n) is 6.85. The van der Waals surface area contributed by atoms with Gasteiger partial charge < -0.3 is 4.74 Å². The molecule has 164 valence electrons. The first-order valence-electron chi connectivity index (χ1n) is 9.51. The van der Waals surface area contributed by atoms with Crippen molar-refractivity contribution in [1.29, 1.82) is 5.26 Å². The van der Waals surface area contributed by atoms with E-state index in [0.29, 0.717) is 27.6 Å². The lowest BCUT2D eigenvalue weighted by atomic mass is 10.1. The van der Waals surface area contributed by atoms with Gasteiger partial charge in [0.2, 0.25) is 5.75 Å². The number of fused-ring (bicyclic) bond motifs is 1. The van der Waals surface area contributed by atoms with E-state index in [0.717, 1.165) is 6.07 Å². The third-order valence-corrected chi connectivity index (χ3v) is 5.45. The van der Waals surface area contributed by atoms with Crippen molar-refractivity contribution in [1.82, 2.24) is 9.66 Å². The highest BCUT2D eigenvalue weighted by Gasteiger charge is 2.21. The summed E-state index contributed by atoms with van der Waals surface area (Å²) in [6, 6.07) is 9.50. The molecule has 0 radical (unpaired) electrons. The Morgan fingerprint density at radius 2 is 2.19 bits per heavy atom. The second kappa shape index (κ2) is 9.89. The summed E-state index contributed by atoms with van der Waals surface area (Å²) in [6.45, 7) is 3.47. The third-order valence-electron chi connectivity index (χ3n) is 4.74. The number of nitrogens with zero attached hydrogens (tertiary/aromatic N) is 5. The highest BCUT2D eigenvalue weighted by Crippen LogP contribution is 2.33. The van der Waals surface area contributed by atoms with Gasteiger partial charge in [0, 0.05) is 27.0 Å². The van der Waals surface area contributed by atoms with E-state index in [1.54, 1.807) is 24.3 Å². The van der Waals surface area contributed by atoms with Crippen LogP contribution in [0.25, 0.3) is 10.9 Å².